The quantitative estimate of drug-likeness (QED) is 0.859. The number of benzene rings is 1. The monoisotopic (exact) mass is 339 g/mol. The number of nitrogens with one attached hydrogen (secondary N) is 1. The molecule has 0 aromatic heterocycles. The lowest BCUT2D eigenvalue weighted by atomic mass is 10.2. The molecule has 94 valence electrons. The predicted molar refractivity (Wildman–Crippen MR) is 71.2 cm³/mol. The molecule has 4 nitrogen and oxygen atoms in total. The van der Waals surface area contributed by atoms with Gasteiger partial charge in [-0.2, -0.15) is 0 Å². The zero-order valence-electron chi connectivity index (χ0n) is 8.73. The summed E-state index contributed by atoms with van der Waals surface area (Å²) in [7, 11) is -3.14. The summed E-state index contributed by atoms with van der Waals surface area (Å²) < 4.78 is 23.4. The highest BCUT2D eigenvalue weighted by molar-refractivity contribution is 9.10. The van der Waals surface area contributed by atoms with Crippen molar-refractivity contribution in [3.63, 3.8) is 0 Å². The van der Waals surface area contributed by atoms with Crippen molar-refractivity contribution in [1.29, 1.82) is 0 Å². The molecule has 1 saturated heterocycles. The van der Waals surface area contributed by atoms with Gasteiger partial charge in [-0.15, -0.1) is 0 Å². The molecule has 1 aliphatic rings. The molecule has 1 aliphatic heterocycles. The van der Waals surface area contributed by atoms with E-state index in [0.29, 0.717) is 10.7 Å². The summed E-state index contributed by atoms with van der Waals surface area (Å²) in [5.41, 5.74) is 0.694. The van der Waals surface area contributed by atoms with Crippen molar-refractivity contribution in [1.82, 2.24) is 0 Å². The summed E-state index contributed by atoms with van der Waals surface area (Å²) >= 11 is 9.19. The number of aliphatic hydroxyl groups is 1. The topological polar surface area (TPSA) is 66.4 Å². The maximum atomic E-state index is 11.3. The van der Waals surface area contributed by atoms with E-state index in [4.69, 9.17) is 11.6 Å². The number of hydrogen-bond acceptors (Lipinski definition) is 4. The van der Waals surface area contributed by atoms with Gasteiger partial charge in [0.1, 0.15) is 0 Å². The average Bonchev–Trinajstić information content (AvgIpc) is 2.46. The predicted octanol–water partition coefficient (Wildman–Crippen LogP) is 1.67. The van der Waals surface area contributed by atoms with E-state index in [1.54, 1.807) is 18.2 Å². The van der Waals surface area contributed by atoms with Gasteiger partial charge in [-0.1, -0.05) is 11.6 Å². The Labute approximate surface area is 113 Å². The molecule has 0 amide bonds. The summed E-state index contributed by atoms with van der Waals surface area (Å²) in [6.45, 7) is 0. The van der Waals surface area contributed by atoms with Crippen molar-refractivity contribution >= 4 is 43.1 Å². The molecule has 1 aromatic rings. The van der Waals surface area contributed by atoms with Crippen LogP contribution >= 0.6 is 27.5 Å². The number of sulfone groups is 1. The summed E-state index contributed by atoms with van der Waals surface area (Å²) in [5.74, 6) is -0.239. The van der Waals surface area contributed by atoms with E-state index in [9.17, 15) is 13.5 Å². The van der Waals surface area contributed by atoms with E-state index in [-0.39, 0.29) is 11.5 Å². The minimum absolute atomic E-state index is 0.0537. The third-order valence-electron chi connectivity index (χ3n) is 2.59. The summed E-state index contributed by atoms with van der Waals surface area (Å²) in [5, 5.41) is 13.1. The van der Waals surface area contributed by atoms with Gasteiger partial charge in [-0.05, 0) is 34.1 Å². The van der Waals surface area contributed by atoms with E-state index < -0.39 is 22.0 Å². The van der Waals surface area contributed by atoms with Crippen LogP contribution in [0.3, 0.4) is 0 Å². The van der Waals surface area contributed by atoms with Crippen LogP contribution in [0.4, 0.5) is 5.69 Å². The Bertz CT molecular complexity index is 534. The van der Waals surface area contributed by atoms with Crippen LogP contribution in [0.25, 0.3) is 0 Å². The van der Waals surface area contributed by atoms with Gasteiger partial charge in [0.25, 0.3) is 0 Å². The first-order valence-corrected chi connectivity index (χ1v) is 7.97. The first kappa shape index (κ1) is 13.1. The van der Waals surface area contributed by atoms with Crippen LogP contribution < -0.4 is 5.32 Å². The number of rotatable bonds is 2. The summed E-state index contributed by atoms with van der Waals surface area (Å²) in [6, 6.07) is 4.74. The van der Waals surface area contributed by atoms with Crippen molar-refractivity contribution in [3.05, 3.63) is 27.7 Å². The maximum absolute atomic E-state index is 11.3. The Balaban J connectivity index is 2.14. The van der Waals surface area contributed by atoms with Crippen molar-refractivity contribution in [2.75, 3.05) is 16.8 Å². The lowest BCUT2D eigenvalue weighted by Crippen LogP contribution is -2.31. The molecular weight excluding hydrogens is 330 g/mol. The van der Waals surface area contributed by atoms with Crippen LogP contribution in [0.1, 0.15) is 0 Å². The molecule has 2 atom stereocenters. The first-order chi connectivity index (χ1) is 7.87. The van der Waals surface area contributed by atoms with E-state index in [1.807, 2.05) is 0 Å². The van der Waals surface area contributed by atoms with Crippen molar-refractivity contribution in [3.8, 4) is 0 Å². The summed E-state index contributed by atoms with van der Waals surface area (Å²) in [6.07, 6.45) is -0.873. The van der Waals surface area contributed by atoms with Gasteiger partial charge in [-0.3, -0.25) is 0 Å². The Morgan fingerprint density at radius 1 is 1.41 bits per heavy atom. The van der Waals surface area contributed by atoms with Crippen molar-refractivity contribution in [2.45, 2.75) is 12.1 Å². The minimum atomic E-state index is -3.14. The molecule has 1 fully saturated rings. The molecule has 1 aromatic carbocycles. The molecule has 2 N–H and O–H groups in total. The Morgan fingerprint density at radius 3 is 2.65 bits per heavy atom. The molecule has 0 radical (unpaired) electrons. The number of aliphatic hydroxyl groups excluding tert-OH is 1. The van der Waals surface area contributed by atoms with E-state index in [2.05, 4.69) is 21.2 Å². The molecular formula is C10H11BrClNO3S. The molecule has 0 saturated carbocycles. The third kappa shape index (κ3) is 3.13. The van der Waals surface area contributed by atoms with Crippen LogP contribution in [0.15, 0.2) is 22.7 Å². The van der Waals surface area contributed by atoms with Gasteiger partial charge in [0.05, 0.1) is 28.7 Å². The SMILES string of the molecule is O=S1(=O)CC(O)C(Nc2ccc(Br)c(Cl)c2)C1. The van der Waals surface area contributed by atoms with Gasteiger partial charge in [0.15, 0.2) is 9.84 Å². The highest BCUT2D eigenvalue weighted by Gasteiger charge is 2.36. The van der Waals surface area contributed by atoms with Gasteiger partial charge < -0.3 is 10.4 Å². The Morgan fingerprint density at radius 2 is 2.12 bits per heavy atom. The average molecular weight is 341 g/mol. The first-order valence-electron chi connectivity index (χ1n) is 4.97. The normalized spacial score (nSPS) is 27.0. The molecule has 17 heavy (non-hydrogen) atoms. The number of halogens is 2. The van der Waals surface area contributed by atoms with Gasteiger partial charge in [-0.25, -0.2) is 8.42 Å². The van der Waals surface area contributed by atoms with E-state index in [1.165, 1.54) is 0 Å². The second-order valence-electron chi connectivity index (χ2n) is 4.02. The van der Waals surface area contributed by atoms with Crippen LogP contribution in [-0.4, -0.2) is 37.2 Å². The minimum Gasteiger partial charge on any atom is -0.390 e. The number of hydrogen-bond donors (Lipinski definition) is 2. The van der Waals surface area contributed by atoms with Crippen LogP contribution in [0, 0.1) is 0 Å². The highest BCUT2D eigenvalue weighted by atomic mass is 79.9. The smallest absolute Gasteiger partial charge is 0.155 e. The molecule has 1 heterocycles. The Kier molecular flexibility index (Phi) is 3.68. The fraction of sp³-hybridized carbons (Fsp3) is 0.400. The molecule has 0 spiro atoms. The lowest BCUT2D eigenvalue weighted by Gasteiger charge is -2.16. The standard InChI is InChI=1S/C10H11BrClNO3S/c11-7-2-1-6(3-8(7)12)13-9-4-17(15,16)5-10(9)14/h1-3,9-10,13-14H,4-5H2. The van der Waals surface area contributed by atoms with Gasteiger partial charge in [0.2, 0.25) is 0 Å². The maximum Gasteiger partial charge on any atom is 0.155 e. The highest BCUT2D eigenvalue weighted by Crippen LogP contribution is 2.27. The second-order valence-corrected chi connectivity index (χ2v) is 7.44. The molecule has 0 bridgehead atoms. The fourth-order valence-corrected chi connectivity index (χ4v) is 3.94. The number of anilines is 1. The summed E-state index contributed by atoms with van der Waals surface area (Å²) in [4.78, 5) is 0. The molecule has 2 rings (SSSR count). The van der Waals surface area contributed by atoms with Crippen LogP contribution in [0.2, 0.25) is 5.02 Å². The van der Waals surface area contributed by atoms with Gasteiger partial charge in [0, 0.05) is 10.2 Å². The third-order valence-corrected chi connectivity index (χ3v) is 5.54. The van der Waals surface area contributed by atoms with E-state index in [0.717, 1.165) is 4.47 Å². The molecule has 7 heteroatoms. The lowest BCUT2D eigenvalue weighted by molar-refractivity contribution is 0.190. The zero-order chi connectivity index (χ0) is 12.6. The fourth-order valence-electron chi connectivity index (χ4n) is 1.77. The molecule has 0 aliphatic carbocycles. The largest absolute Gasteiger partial charge is 0.390 e. The second kappa shape index (κ2) is 4.76. The molecule has 2 unspecified atom stereocenters. The van der Waals surface area contributed by atoms with Crippen molar-refractivity contribution in [2.24, 2.45) is 0 Å². The van der Waals surface area contributed by atoms with Crippen molar-refractivity contribution < 1.29 is 13.5 Å². The van der Waals surface area contributed by atoms with Crippen LogP contribution in [-0.2, 0) is 9.84 Å². The van der Waals surface area contributed by atoms with Crippen LogP contribution in [0.5, 0.6) is 0 Å². The Hall–Kier alpha value is -0.300. The van der Waals surface area contributed by atoms with Gasteiger partial charge >= 0.3 is 0 Å². The van der Waals surface area contributed by atoms with E-state index >= 15 is 0 Å². The zero-order valence-corrected chi connectivity index (χ0v) is 11.9.